The third-order valence-corrected chi connectivity index (χ3v) is 5.01. The normalized spacial score (nSPS) is 19.1. The first kappa shape index (κ1) is 17.5. The van der Waals surface area contributed by atoms with Crippen molar-refractivity contribution in [1.29, 1.82) is 0 Å². The summed E-state index contributed by atoms with van der Waals surface area (Å²) in [5, 5.41) is 13.9. The van der Waals surface area contributed by atoms with Crippen molar-refractivity contribution in [3.63, 3.8) is 0 Å². The van der Waals surface area contributed by atoms with E-state index in [0.717, 1.165) is 30.8 Å². The molecule has 1 atom stereocenters. The highest BCUT2D eigenvalue weighted by Crippen LogP contribution is 2.31. The van der Waals surface area contributed by atoms with Crippen molar-refractivity contribution < 1.29 is 18.6 Å². The summed E-state index contributed by atoms with van der Waals surface area (Å²) in [5.74, 6) is 2.11. The van der Waals surface area contributed by atoms with Crippen LogP contribution in [-0.4, -0.2) is 35.4 Å². The van der Waals surface area contributed by atoms with Crippen LogP contribution in [0, 0.1) is 0 Å². The second-order valence-corrected chi connectivity index (χ2v) is 6.82. The van der Waals surface area contributed by atoms with Crippen LogP contribution >= 0.6 is 11.8 Å². The van der Waals surface area contributed by atoms with Gasteiger partial charge in [-0.25, -0.2) is 0 Å². The molecular weight excluding hydrogens is 308 g/mol. The lowest BCUT2D eigenvalue weighted by atomic mass is 9.95. The Bertz CT molecular complexity index is 467. The quantitative estimate of drug-likeness (QED) is 0.801. The van der Waals surface area contributed by atoms with Crippen molar-refractivity contribution in [2.45, 2.75) is 44.4 Å². The zero-order valence-electron chi connectivity index (χ0n) is 12.7. The van der Waals surface area contributed by atoms with Crippen molar-refractivity contribution in [2.75, 3.05) is 18.1 Å². The van der Waals surface area contributed by atoms with Gasteiger partial charge >= 0.3 is 6.61 Å². The first-order valence-corrected chi connectivity index (χ1v) is 8.77. The van der Waals surface area contributed by atoms with Gasteiger partial charge in [0, 0.05) is 18.2 Å². The summed E-state index contributed by atoms with van der Waals surface area (Å²) in [6, 6.07) is 6.72. The molecule has 0 spiro atoms. The van der Waals surface area contributed by atoms with Crippen LogP contribution < -0.4 is 10.1 Å². The number of nitrogens with one attached hydrogen (secondary N) is 1. The number of ether oxygens (including phenoxy) is 1. The highest BCUT2D eigenvalue weighted by molar-refractivity contribution is 7.99. The van der Waals surface area contributed by atoms with Gasteiger partial charge in [0.1, 0.15) is 5.75 Å². The molecule has 1 aromatic rings. The number of hydrogen-bond donors (Lipinski definition) is 2. The molecule has 124 valence electrons. The van der Waals surface area contributed by atoms with Crippen LogP contribution in [0.25, 0.3) is 0 Å². The Morgan fingerprint density at radius 3 is 2.64 bits per heavy atom. The van der Waals surface area contributed by atoms with Crippen LogP contribution in [-0.2, 0) is 0 Å². The topological polar surface area (TPSA) is 41.5 Å². The number of alkyl halides is 2. The van der Waals surface area contributed by atoms with Gasteiger partial charge in [0.2, 0.25) is 0 Å². The van der Waals surface area contributed by atoms with Crippen LogP contribution in [0.3, 0.4) is 0 Å². The van der Waals surface area contributed by atoms with Crippen LogP contribution in [0.1, 0.15) is 37.8 Å². The summed E-state index contributed by atoms with van der Waals surface area (Å²) in [7, 11) is 0. The van der Waals surface area contributed by atoms with Crippen molar-refractivity contribution in [2.24, 2.45) is 0 Å². The number of rotatable bonds is 7. The Labute approximate surface area is 134 Å². The molecule has 0 bridgehead atoms. The minimum Gasteiger partial charge on any atom is -0.434 e. The number of para-hydroxylation sites is 1. The van der Waals surface area contributed by atoms with Gasteiger partial charge in [0.05, 0.1) is 5.60 Å². The lowest BCUT2D eigenvalue weighted by molar-refractivity contribution is -0.0508. The van der Waals surface area contributed by atoms with Gasteiger partial charge in [0.15, 0.2) is 0 Å². The Morgan fingerprint density at radius 1 is 1.32 bits per heavy atom. The van der Waals surface area contributed by atoms with E-state index in [4.69, 9.17) is 0 Å². The molecule has 6 heteroatoms. The monoisotopic (exact) mass is 331 g/mol. The molecule has 0 amide bonds. The molecule has 1 aromatic carbocycles. The van der Waals surface area contributed by atoms with Crippen LogP contribution in [0.15, 0.2) is 24.3 Å². The maximum atomic E-state index is 12.5. The molecule has 1 aliphatic rings. The minimum absolute atomic E-state index is 0.117. The maximum Gasteiger partial charge on any atom is 0.387 e. The molecular formula is C16H23F2NO2S. The van der Waals surface area contributed by atoms with E-state index in [9.17, 15) is 13.9 Å². The van der Waals surface area contributed by atoms with Crippen LogP contribution in [0.5, 0.6) is 5.75 Å². The predicted molar refractivity (Wildman–Crippen MR) is 85.6 cm³/mol. The lowest BCUT2D eigenvalue weighted by Crippen LogP contribution is -2.44. The Balaban J connectivity index is 2.05. The zero-order chi connectivity index (χ0) is 16.0. The average Bonchev–Trinajstić information content (AvgIpc) is 2.49. The van der Waals surface area contributed by atoms with E-state index in [2.05, 4.69) is 10.1 Å². The first-order chi connectivity index (χ1) is 10.5. The molecule has 1 heterocycles. The fraction of sp³-hybridized carbons (Fsp3) is 0.625. The Morgan fingerprint density at radius 2 is 2.00 bits per heavy atom. The molecule has 1 fully saturated rings. The predicted octanol–water partition coefficient (Wildman–Crippen LogP) is 3.59. The first-order valence-electron chi connectivity index (χ1n) is 7.61. The van der Waals surface area contributed by atoms with Gasteiger partial charge in [-0.3, -0.25) is 0 Å². The summed E-state index contributed by atoms with van der Waals surface area (Å²) in [4.78, 5) is 0. The molecule has 3 nitrogen and oxygen atoms in total. The van der Waals surface area contributed by atoms with E-state index >= 15 is 0 Å². The Kier molecular flexibility index (Phi) is 6.47. The Hall–Kier alpha value is -0.850. The average molecular weight is 331 g/mol. The van der Waals surface area contributed by atoms with E-state index in [1.165, 1.54) is 0 Å². The number of benzene rings is 1. The minimum atomic E-state index is -2.83. The third kappa shape index (κ3) is 4.83. The molecule has 2 rings (SSSR count). The van der Waals surface area contributed by atoms with E-state index < -0.39 is 12.2 Å². The van der Waals surface area contributed by atoms with E-state index in [0.29, 0.717) is 12.1 Å². The van der Waals surface area contributed by atoms with Crippen LogP contribution in [0.4, 0.5) is 8.78 Å². The number of hydrogen-bond acceptors (Lipinski definition) is 4. The molecule has 0 saturated carbocycles. The smallest absolute Gasteiger partial charge is 0.387 e. The highest BCUT2D eigenvalue weighted by Gasteiger charge is 2.30. The molecule has 2 N–H and O–H groups in total. The van der Waals surface area contributed by atoms with Gasteiger partial charge < -0.3 is 15.2 Å². The van der Waals surface area contributed by atoms with E-state index in [-0.39, 0.29) is 11.8 Å². The summed E-state index contributed by atoms with van der Waals surface area (Å²) in [6.07, 6.45) is 2.25. The number of thioether (sulfide) groups is 1. The summed E-state index contributed by atoms with van der Waals surface area (Å²) in [6.45, 7) is -0.384. The van der Waals surface area contributed by atoms with Crippen molar-refractivity contribution in [1.82, 2.24) is 5.32 Å². The van der Waals surface area contributed by atoms with Crippen molar-refractivity contribution in [3.05, 3.63) is 29.8 Å². The van der Waals surface area contributed by atoms with Gasteiger partial charge in [-0.2, -0.15) is 20.5 Å². The zero-order valence-corrected chi connectivity index (χ0v) is 13.5. The fourth-order valence-corrected chi connectivity index (χ4v) is 3.94. The summed E-state index contributed by atoms with van der Waals surface area (Å²) in [5.41, 5.74) is 0.0102. The van der Waals surface area contributed by atoms with Crippen molar-refractivity contribution in [3.8, 4) is 5.75 Å². The standard InChI is InChI=1S/C16H23F2NO2S/c1-2-13(19-11-16(20)7-9-22-10-8-16)12-5-3-4-6-14(12)21-15(17)18/h3-6,13,15,19-20H,2,7-11H2,1H3. The molecule has 0 aromatic heterocycles. The van der Waals surface area contributed by atoms with E-state index in [1.807, 2.05) is 24.8 Å². The SMILES string of the molecule is CCC(NCC1(O)CCSCC1)c1ccccc1OC(F)F. The third-order valence-electron chi connectivity index (χ3n) is 4.02. The summed E-state index contributed by atoms with van der Waals surface area (Å²) >= 11 is 1.85. The molecule has 1 unspecified atom stereocenters. The van der Waals surface area contributed by atoms with Crippen LogP contribution in [0.2, 0.25) is 0 Å². The molecule has 22 heavy (non-hydrogen) atoms. The van der Waals surface area contributed by atoms with Gasteiger partial charge in [0.25, 0.3) is 0 Å². The maximum absolute atomic E-state index is 12.5. The molecule has 1 saturated heterocycles. The lowest BCUT2D eigenvalue weighted by Gasteiger charge is -2.33. The van der Waals surface area contributed by atoms with Gasteiger partial charge in [-0.05, 0) is 36.8 Å². The molecule has 1 aliphatic heterocycles. The van der Waals surface area contributed by atoms with Gasteiger partial charge in [-0.15, -0.1) is 0 Å². The highest BCUT2D eigenvalue weighted by atomic mass is 32.2. The molecule has 0 aliphatic carbocycles. The summed E-state index contributed by atoms with van der Waals surface area (Å²) < 4.78 is 29.6. The number of aliphatic hydroxyl groups is 1. The van der Waals surface area contributed by atoms with Gasteiger partial charge in [-0.1, -0.05) is 25.1 Å². The molecule has 0 radical (unpaired) electrons. The fourth-order valence-electron chi connectivity index (χ4n) is 2.69. The number of halogens is 2. The second kappa shape index (κ2) is 8.13. The second-order valence-electron chi connectivity index (χ2n) is 5.59. The van der Waals surface area contributed by atoms with E-state index in [1.54, 1.807) is 18.2 Å². The van der Waals surface area contributed by atoms with Crippen molar-refractivity contribution >= 4 is 11.8 Å². The largest absolute Gasteiger partial charge is 0.434 e.